The highest BCUT2D eigenvalue weighted by Gasteiger charge is 2.25. The van der Waals surface area contributed by atoms with Gasteiger partial charge in [-0.1, -0.05) is 18.0 Å². The fraction of sp³-hybridized carbons (Fsp3) is 0.778. The summed E-state index contributed by atoms with van der Waals surface area (Å²) in [5, 5.41) is 6.61. The summed E-state index contributed by atoms with van der Waals surface area (Å²) in [6.45, 7) is 7.37. The Balaban J connectivity index is 1.42. The highest BCUT2D eigenvalue weighted by atomic mass is 16.5. The summed E-state index contributed by atoms with van der Waals surface area (Å²) >= 11 is 0. The van der Waals surface area contributed by atoms with Gasteiger partial charge in [-0.05, 0) is 52.2 Å². The van der Waals surface area contributed by atoms with Crippen LogP contribution in [-0.4, -0.2) is 59.6 Å². The quantitative estimate of drug-likeness (QED) is 0.897. The molecule has 0 aliphatic carbocycles. The van der Waals surface area contributed by atoms with Crippen LogP contribution in [0.25, 0.3) is 0 Å². The highest BCUT2D eigenvalue weighted by molar-refractivity contribution is 5.89. The molecule has 0 saturated carbocycles. The van der Waals surface area contributed by atoms with Gasteiger partial charge in [0.25, 0.3) is 0 Å². The van der Waals surface area contributed by atoms with E-state index in [1.54, 1.807) is 6.07 Å². The second-order valence-electron chi connectivity index (χ2n) is 7.17. The third-order valence-corrected chi connectivity index (χ3v) is 5.19. The number of hydrogen-bond acceptors (Lipinski definition) is 5. The molecule has 0 bridgehead atoms. The van der Waals surface area contributed by atoms with Crippen LogP contribution in [0, 0.1) is 6.92 Å². The van der Waals surface area contributed by atoms with Crippen LogP contribution < -0.4 is 5.32 Å². The maximum absolute atomic E-state index is 12.1. The number of aryl methyl sites for hydroxylation is 1. The van der Waals surface area contributed by atoms with E-state index in [1.165, 1.54) is 51.6 Å². The first-order chi connectivity index (χ1) is 11.7. The van der Waals surface area contributed by atoms with E-state index in [0.29, 0.717) is 24.0 Å². The van der Waals surface area contributed by atoms with Crippen molar-refractivity contribution in [3.63, 3.8) is 0 Å². The van der Waals surface area contributed by atoms with Crippen LogP contribution in [0.4, 0.5) is 5.82 Å². The summed E-state index contributed by atoms with van der Waals surface area (Å²) in [6.07, 6.45) is 8.51. The van der Waals surface area contributed by atoms with E-state index in [-0.39, 0.29) is 5.91 Å². The number of carbonyl (C=O) groups excluding carboxylic acids is 1. The van der Waals surface area contributed by atoms with Crippen LogP contribution in [0.5, 0.6) is 0 Å². The summed E-state index contributed by atoms with van der Waals surface area (Å²) in [5.74, 6) is 1.24. The Kier molecular flexibility index (Phi) is 6.26. The summed E-state index contributed by atoms with van der Waals surface area (Å²) in [6, 6.07) is 2.42. The lowest BCUT2D eigenvalue weighted by Crippen LogP contribution is -2.48. The van der Waals surface area contributed by atoms with Gasteiger partial charge in [-0.25, -0.2) is 0 Å². The van der Waals surface area contributed by atoms with Crippen molar-refractivity contribution in [3.8, 4) is 0 Å². The monoisotopic (exact) mass is 334 g/mol. The van der Waals surface area contributed by atoms with Gasteiger partial charge in [-0.3, -0.25) is 9.69 Å². The van der Waals surface area contributed by atoms with Gasteiger partial charge < -0.3 is 14.7 Å². The van der Waals surface area contributed by atoms with Gasteiger partial charge in [0, 0.05) is 31.6 Å². The Morgan fingerprint density at radius 3 is 2.75 bits per heavy atom. The molecule has 2 fully saturated rings. The predicted molar refractivity (Wildman–Crippen MR) is 94.0 cm³/mol. The lowest BCUT2D eigenvalue weighted by Gasteiger charge is -2.39. The van der Waals surface area contributed by atoms with Crippen molar-refractivity contribution in [2.75, 3.05) is 38.0 Å². The van der Waals surface area contributed by atoms with Crippen molar-refractivity contribution < 1.29 is 9.32 Å². The minimum atomic E-state index is 0.0141. The van der Waals surface area contributed by atoms with Gasteiger partial charge >= 0.3 is 0 Å². The van der Waals surface area contributed by atoms with E-state index in [2.05, 4.69) is 20.3 Å². The second-order valence-corrected chi connectivity index (χ2v) is 7.17. The Hall–Kier alpha value is -1.40. The number of likely N-dealkylation sites (tertiary alicyclic amines) is 2. The molecule has 1 atom stereocenters. The first kappa shape index (κ1) is 17.4. The lowest BCUT2D eigenvalue weighted by atomic mass is 10.0. The molecule has 6 heteroatoms. The molecular weight excluding hydrogens is 304 g/mol. The Bertz CT molecular complexity index is 523. The molecule has 0 aromatic carbocycles. The molecule has 6 nitrogen and oxygen atoms in total. The van der Waals surface area contributed by atoms with E-state index in [0.717, 1.165) is 19.6 Å². The standard InChI is InChI=1S/C18H30N4O2/c1-15-13-17(20-24-15)19-18(23)8-12-21-9-6-7-16(14-21)22-10-4-2-3-5-11-22/h13,16H,2-12,14H2,1H3,(H,19,20,23). The molecule has 24 heavy (non-hydrogen) atoms. The van der Waals surface area contributed by atoms with Crippen molar-refractivity contribution in [3.05, 3.63) is 11.8 Å². The van der Waals surface area contributed by atoms with Crippen molar-refractivity contribution in [1.29, 1.82) is 0 Å². The van der Waals surface area contributed by atoms with Gasteiger partial charge in [0.1, 0.15) is 5.76 Å². The minimum Gasteiger partial charge on any atom is -0.360 e. The first-order valence-corrected chi connectivity index (χ1v) is 9.40. The normalized spacial score (nSPS) is 23.8. The van der Waals surface area contributed by atoms with Gasteiger partial charge in [0.2, 0.25) is 5.91 Å². The van der Waals surface area contributed by atoms with Crippen LogP contribution in [0.2, 0.25) is 0 Å². The molecule has 1 N–H and O–H groups in total. The van der Waals surface area contributed by atoms with E-state index in [4.69, 9.17) is 4.52 Å². The van der Waals surface area contributed by atoms with Crippen molar-refractivity contribution in [2.24, 2.45) is 0 Å². The number of piperidine rings is 1. The van der Waals surface area contributed by atoms with Gasteiger partial charge in [-0.2, -0.15) is 0 Å². The van der Waals surface area contributed by atoms with Crippen molar-refractivity contribution >= 4 is 11.7 Å². The fourth-order valence-electron chi connectivity index (χ4n) is 3.88. The number of amides is 1. The van der Waals surface area contributed by atoms with E-state index in [9.17, 15) is 4.79 Å². The summed E-state index contributed by atoms with van der Waals surface area (Å²) in [5.41, 5.74) is 0. The Morgan fingerprint density at radius 2 is 2.04 bits per heavy atom. The molecule has 134 valence electrons. The van der Waals surface area contributed by atoms with Gasteiger partial charge in [0.15, 0.2) is 5.82 Å². The minimum absolute atomic E-state index is 0.0141. The average Bonchev–Trinajstić information content (AvgIpc) is 2.84. The highest BCUT2D eigenvalue weighted by Crippen LogP contribution is 2.20. The average molecular weight is 334 g/mol. The molecule has 2 aliphatic rings. The molecule has 3 rings (SSSR count). The fourth-order valence-corrected chi connectivity index (χ4v) is 3.88. The Morgan fingerprint density at radius 1 is 1.25 bits per heavy atom. The predicted octanol–water partition coefficient (Wildman–Crippen LogP) is 2.65. The maximum atomic E-state index is 12.1. The van der Waals surface area contributed by atoms with Crippen molar-refractivity contribution in [1.82, 2.24) is 15.0 Å². The zero-order valence-electron chi connectivity index (χ0n) is 14.8. The maximum Gasteiger partial charge on any atom is 0.226 e. The number of nitrogens with one attached hydrogen (secondary N) is 1. The third kappa shape index (κ3) is 5.05. The molecule has 2 saturated heterocycles. The second kappa shape index (κ2) is 8.62. The summed E-state index contributed by atoms with van der Waals surface area (Å²) < 4.78 is 4.97. The number of aromatic nitrogens is 1. The largest absolute Gasteiger partial charge is 0.360 e. The number of nitrogens with zero attached hydrogens (tertiary/aromatic N) is 3. The van der Waals surface area contributed by atoms with Crippen LogP contribution in [-0.2, 0) is 4.79 Å². The smallest absolute Gasteiger partial charge is 0.226 e. The zero-order valence-corrected chi connectivity index (χ0v) is 14.8. The topological polar surface area (TPSA) is 61.6 Å². The van der Waals surface area contributed by atoms with Crippen LogP contribution in [0.1, 0.15) is 50.7 Å². The van der Waals surface area contributed by atoms with Crippen LogP contribution >= 0.6 is 0 Å². The molecule has 0 radical (unpaired) electrons. The summed E-state index contributed by atoms with van der Waals surface area (Å²) in [4.78, 5) is 17.2. The van der Waals surface area contributed by atoms with Crippen LogP contribution in [0.3, 0.4) is 0 Å². The molecule has 2 aliphatic heterocycles. The molecule has 0 spiro atoms. The third-order valence-electron chi connectivity index (χ3n) is 5.19. The Labute approximate surface area is 144 Å². The molecule has 3 heterocycles. The number of anilines is 1. The van der Waals surface area contributed by atoms with E-state index < -0.39 is 0 Å². The summed E-state index contributed by atoms with van der Waals surface area (Å²) in [7, 11) is 0. The van der Waals surface area contributed by atoms with E-state index >= 15 is 0 Å². The number of rotatable bonds is 5. The number of hydrogen-bond donors (Lipinski definition) is 1. The molecule has 1 aromatic heterocycles. The molecule has 1 amide bonds. The van der Waals surface area contributed by atoms with Gasteiger partial charge in [0.05, 0.1) is 0 Å². The SMILES string of the molecule is Cc1cc(NC(=O)CCN2CCCC(N3CCCCCC3)C2)no1. The zero-order chi connectivity index (χ0) is 16.8. The molecular formula is C18H30N4O2. The lowest BCUT2D eigenvalue weighted by molar-refractivity contribution is -0.116. The van der Waals surface area contributed by atoms with Crippen LogP contribution in [0.15, 0.2) is 10.6 Å². The van der Waals surface area contributed by atoms with E-state index in [1.807, 2.05) is 6.92 Å². The van der Waals surface area contributed by atoms with Gasteiger partial charge in [-0.15, -0.1) is 0 Å². The number of carbonyl (C=O) groups is 1. The first-order valence-electron chi connectivity index (χ1n) is 9.40. The molecule has 1 aromatic rings. The molecule has 1 unspecified atom stereocenters. The van der Waals surface area contributed by atoms with Crippen molar-refractivity contribution in [2.45, 2.75) is 57.9 Å².